The van der Waals surface area contributed by atoms with Crippen LogP contribution in [-0.4, -0.2) is 30.9 Å². The first-order valence-corrected chi connectivity index (χ1v) is 6.15. The Labute approximate surface area is 117 Å². The fourth-order valence-electron chi connectivity index (χ4n) is 1.48. The molecule has 0 radical (unpaired) electrons. The molecular weight excluding hydrogens is 272 g/mol. The topological polar surface area (TPSA) is 65.0 Å². The highest BCUT2D eigenvalue weighted by Crippen LogP contribution is 2.34. The molecule has 19 heavy (non-hydrogen) atoms. The van der Waals surface area contributed by atoms with Crippen LogP contribution < -0.4 is 9.47 Å². The average Bonchev–Trinajstić information content (AvgIpc) is 2.35. The zero-order chi connectivity index (χ0) is 14.4. The maximum absolute atomic E-state index is 11.4. The van der Waals surface area contributed by atoms with Crippen LogP contribution in [0.25, 0.3) is 0 Å². The van der Waals surface area contributed by atoms with Crippen LogP contribution in [0.5, 0.6) is 11.5 Å². The lowest BCUT2D eigenvalue weighted by Gasteiger charge is -2.15. The van der Waals surface area contributed by atoms with E-state index in [2.05, 4.69) is 0 Å². The molecule has 0 aromatic heterocycles. The number of esters is 1. The van der Waals surface area contributed by atoms with E-state index in [1.807, 2.05) is 0 Å². The number of aliphatic hydroxyl groups is 1. The van der Waals surface area contributed by atoms with E-state index < -0.39 is 5.97 Å². The van der Waals surface area contributed by atoms with Crippen LogP contribution >= 0.6 is 11.6 Å². The van der Waals surface area contributed by atoms with E-state index in [1.54, 1.807) is 26.0 Å². The minimum Gasteiger partial charge on any atom is -0.493 e. The molecule has 0 amide bonds. The van der Waals surface area contributed by atoms with E-state index >= 15 is 0 Å². The molecule has 1 aromatic rings. The van der Waals surface area contributed by atoms with Crippen molar-refractivity contribution in [1.29, 1.82) is 0 Å². The van der Waals surface area contributed by atoms with Crippen LogP contribution in [0.15, 0.2) is 12.1 Å². The zero-order valence-corrected chi connectivity index (χ0v) is 11.9. The van der Waals surface area contributed by atoms with Crippen LogP contribution in [0.4, 0.5) is 0 Å². The van der Waals surface area contributed by atoms with Gasteiger partial charge in [0.25, 0.3) is 0 Å². The second-order valence-corrected chi connectivity index (χ2v) is 4.52. The summed E-state index contributed by atoms with van der Waals surface area (Å²) in [7, 11) is 1.45. The quantitative estimate of drug-likeness (QED) is 0.813. The van der Waals surface area contributed by atoms with Gasteiger partial charge in [0.2, 0.25) is 0 Å². The number of benzene rings is 1. The van der Waals surface area contributed by atoms with Gasteiger partial charge in [0.1, 0.15) is 0 Å². The summed E-state index contributed by atoms with van der Waals surface area (Å²) in [5.41, 5.74) is 0.446. The molecule has 0 saturated carbocycles. The number of carbonyl (C=O) groups excluding carboxylic acids is 1. The van der Waals surface area contributed by atoms with Gasteiger partial charge in [-0.1, -0.05) is 11.6 Å². The van der Waals surface area contributed by atoms with Crippen LogP contribution in [0, 0.1) is 0 Å². The molecule has 1 aromatic carbocycles. The Morgan fingerprint density at radius 3 is 2.63 bits per heavy atom. The van der Waals surface area contributed by atoms with Gasteiger partial charge in [-0.25, -0.2) is 4.79 Å². The highest BCUT2D eigenvalue weighted by molar-refractivity contribution is 6.30. The molecule has 5 nitrogen and oxygen atoms in total. The van der Waals surface area contributed by atoms with Crippen LogP contribution in [0.3, 0.4) is 0 Å². The molecule has 0 aliphatic heterocycles. The minimum atomic E-state index is -0.490. The summed E-state index contributed by atoms with van der Waals surface area (Å²) in [5, 5.41) is 9.68. The number of carbonyl (C=O) groups is 1. The van der Waals surface area contributed by atoms with Crippen LogP contribution in [0.2, 0.25) is 5.02 Å². The lowest BCUT2D eigenvalue weighted by Crippen LogP contribution is -2.19. The summed E-state index contributed by atoms with van der Waals surface area (Å²) in [6.45, 7) is 2.97. The van der Waals surface area contributed by atoms with Crippen molar-refractivity contribution in [2.24, 2.45) is 0 Å². The molecule has 0 fully saturated rings. The Hall–Kier alpha value is -1.46. The monoisotopic (exact) mass is 288 g/mol. The van der Waals surface area contributed by atoms with E-state index in [0.29, 0.717) is 16.3 Å². The molecule has 1 rings (SSSR count). The highest BCUT2D eigenvalue weighted by atomic mass is 35.5. The summed E-state index contributed by atoms with van der Waals surface area (Å²) in [6, 6.07) is 3.09. The molecule has 1 N–H and O–H groups in total. The predicted octanol–water partition coefficient (Wildman–Crippen LogP) is 2.17. The predicted molar refractivity (Wildman–Crippen MR) is 70.6 cm³/mol. The van der Waals surface area contributed by atoms with E-state index in [9.17, 15) is 9.90 Å². The number of hydrogen-bond donors (Lipinski definition) is 1. The molecule has 106 valence electrons. The van der Waals surface area contributed by atoms with Crippen molar-refractivity contribution in [1.82, 2.24) is 0 Å². The smallest absolute Gasteiger partial charge is 0.344 e. The van der Waals surface area contributed by atoms with Gasteiger partial charge in [-0.2, -0.15) is 0 Å². The van der Waals surface area contributed by atoms with Crippen molar-refractivity contribution in [2.75, 3.05) is 13.7 Å². The lowest BCUT2D eigenvalue weighted by atomic mass is 10.2. The summed E-state index contributed by atoms with van der Waals surface area (Å²) in [4.78, 5) is 11.4. The van der Waals surface area contributed by atoms with Gasteiger partial charge in [0.15, 0.2) is 18.1 Å². The molecule has 0 unspecified atom stereocenters. The van der Waals surface area contributed by atoms with Crippen molar-refractivity contribution in [3.63, 3.8) is 0 Å². The SMILES string of the molecule is COc1cc(Cl)cc(CO)c1OCC(=O)OC(C)C. The maximum atomic E-state index is 11.4. The number of methoxy groups -OCH3 is 1. The number of ether oxygens (including phenoxy) is 3. The lowest BCUT2D eigenvalue weighted by molar-refractivity contribution is -0.149. The Morgan fingerprint density at radius 1 is 1.42 bits per heavy atom. The standard InChI is InChI=1S/C13H17ClO5/c1-8(2)19-12(16)7-18-13-9(6-15)4-10(14)5-11(13)17-3/h4-5,8,15H,6-7H2,1-3H3. The summed E-state index contributed by atoms with van der Waals surface area (Å²) >= 11 is 5.87. The summed E-state index contributed by atoms with van der Waals surface area (Å²) < 4.78 is 15.4. The van der Waals surface area contributed by atoms with Gasteiger partial charge in [0.05, 0.1) is 19.8 Å². The molecule has 0 aliphatic rings. The van der Waals surface area contributed by atoms with Gasteiger partial charge in [-0.15, -0.1) is 0 Å². The first kappa shape index (κ1) is 15.6. The Bertz CT molecular complexity index is 420. The number of rotatable bonds is 6. The van der Waals surface area contributed by atoms with Gasteiger partial charge in [0, 0.05) is 16.7 Å². The van der Waals surface area contributed by atoms with Crippen molar-refractivity contribution in [3.8, 4) is 11.5 Å². The maximum Gasteiger partial charge on any atom is 0.344 e. The van der Waals surface area contributed by atoms with Gasteiger partial charge in [-0.05, 0) is 19.9 Å². The number of halogens is 1. The first-order valence-electron chi connectivity index (χ1n) is 5.77. The molecule has 0 aliphatic carbocycles. The normalized spacial score (nSPS) is 10.4. The van der Waals surface area contributed by atoms with Gasteiger partial charge >= 0.3 is 5.97 Å². The number of hydrogen-bond acceptors (Lipinski definition) is 5. The molecule has 0 heterocycles. The second-order valence-electron chi connectivity index (χ2n) is 4.08. The molecule has 0 atom stereocenters. The largest absolute Gasteiger partial charge is 0.493 e. The summed E-state index contributed by atoms with van der Waals surface area (Å²) in [5.74, 6) is 0.153. The van der Waals surface area contributed by atoms with Crippen molar-refractivity contribution in [2.45, 2.75) is 26.6 Å². The molecule has 0 saturated heterocycles. The Kier molecular flexibility index (Phi) is 5.92. The van der Waals surface area contributed by atoms with E-state index in [4.69, 9.17) is 25.8 Å². The van der Waals surface area contributed by atoms with Crippen molar-refractivity contribution < 1.29 is 24.1 Å². The molecule has 6 heteroatoms. The third kappa shape index (κ3) is 4.61. The minimum absolute atomic E-state index is 0.208. The zero-order valence-electron chi connectivity index (χ0n) is 11.1. The van der Waals surface area contributed by atoms with E-state index in [1.165, 1.54) is 7.11 Å². The third-order valence-electron chi connectivity index (χ3n) is 2.19. The Morgan fingerprint density at radius 2 is 2.11 bits per heavy atom. The fourth-order valence-corrected chi connectivity index (χ4v) is 1.71. The fraction of sp³-hybridized carbons (Fsp3) is 0.462. The van der Waals surface area contributed by atoms with Crippen molar-refractivity contribution >= 4 is 17.6 Å². The average molecular weight is 289 g/mol. The summed E-state index contributed by atoms with van der Waals surface area (Å²) in [6.07, 6.45) is -0.208. The van der Waals surface area contributed by atoms with Crippen LogP contribution in [0.1, 0.15) is 19.4 Å². The van der Waals surface area contributed by atoms with E-state index in [-0.39, 0.29) is 25.1 Å². The van der Waals surface area contributed by atoms with Gasteiger partial charge in [-0.3, -0.25) is 0 Å². The first-order chi connectivity index (χ1) is 8.97. The van der Waals surface area contributed by atoms with Crippen molar-refractivity contribution in [3.05, 3.63) is 22.7 Å². The third-order valence-corrected chi connectivity index (χ3v) is 2.41. The highest BCUT2D eigenvalue weighted by Gasteiger charge is 2.15. The van der Waals surface area contributed by atoms with Crippen LogP contribution in [-0.2, 0) is 16.1 Å². The second kappa shape index (κ2) is 7.21. The van der Waals surface area contributed by atoms with E-state index in [0.717, 1.165) is 0 Å². The molecule has 0 bridgehead atoms. The van der Waals surface area contributed by atoms with Gasteiger partial charge < -0.3 is 19.3 Å². The Balaban J connectivity index is 2.84. The molecule has 0 spiro atoms. The number of aliphatic hydroxyl groups excluding tert-OH is 1. The molecular formula is C13H17ClO5.